The van der Waals surface area contributed by atoms with E-state index >= 15 is 0 Å². The number of hydrogen-bond donors (Lipinski definition) is 0. The predicted molar refractivity (Wildman–Crippen MR) is 122 cm³/mol. The van der Waals surface area contributed by atoms with E-state index in [9.17, 15) is 17.8 Å². The van der Waals surface area contributed by atoms with Crippen LogP contribution >= 0.6 is 0 Å². The smallest absolute Gasteiger partial charge is 0.340 e. The average molecular weight is 444 g/mol. The molecule has 0 saturated carbocycles. The van der Waals surface area contributed by atoms with Crippen LogP contribution in [-0.2, 0) is 14.9 Å². The molecule has 0 aliphatic rings. The first-order valence-corrected chi connectivity index (χ1v) is 11.4. The van der Waals surface area contributed by atoms with Crippen LogP contribution in [0.4, 0.5) is 0 Å². The molecule has 0 N–H and O–H groups in total. The van der Waals surface area contributed by atoms with Crippen LogP contribution < -0.4 is 0 Å². The summed E-state index contributed by atoms with van der Waals surface area (Å²) < 4.78 is 41.3. The van der Waals surface area contributed by atoms with Crippen molar-refractivity contribution < 1.29 is 22.5 Å². The van der Waals surface area contributed by atoms with Crippen molar-refractivity contribution in [2.75, 3.05) is 0 Å². The Morgan fingerprint density at radius 1 is 0.656 bits per heavy atom. The maximum absolute atomic E-state index is 13.4. The van der Waals surface area contributed by atoms with Gasteiger partial charge in [0.05, 0.1) is 5.56 Å². The zero-order chi connectivity index (χ0) is 22.6. The van der Waals surface area contributed by atoms with Crippen molar-refractivity contribution in [3.05, 3.63) is 120 Å². The summed E-state index contributed by atoms with van der Waals surface area (Å²) in [6, 6.07) is 31.5. The third kappa shape index (κ3) is 4.61. The maximum Gasteiger partial charge on any atom is 0.340 e. The van der Waals surface area contributed by atoms with Crippen molar-refractivity contribution in [1.29, 1.82) is 0 Å². The first-order valence-electron chi connectivity index (χ1n) is 9.89. The third-order valence-electron chi connectivity index (χ3n) is 4.99. The molecule has 32 heavy (non-hydrogen) atoms. The number of hydrogen-bond acceptors (Lipinski definition) is 5. The standard InChI is InChI=1S/C26H20O5S/c27-25(31-26(32(28,29)30)21-15-8-3-9-16-21)24-22(19-11-4-1-5-12-19)17-10-18-23(24)20-13-6-2-7-14-20/h1-18,26H,(H,28,29,30)/p-1. The molecule has 6 heteroatoms. The Morgan fingerprint density at radius 2 is 1.09 bits per heavy atom. The van der Waals surface area contributed by atoms with E-state index in [0.717, 1.165) is 11.1 Å². The quantitative estimate of drug-likeness (QED) is 0.293. The van der Waals surface area contributed by atoms with Crippen LogP contribution in [0, 0.1) is 0 Å². The van der Waals surface area contributed by atoms with Gasteiger partial charge < -0.3 is 9.29 Å². The largest absolute Gasteiger partial charge is 0.745 e. The van der Waals surface area contributed by atoms with Crippen LogP contribution in [0.5, 0.6) is 0 Å². The summed E-state index contributed by atoms with van der Waals surface area (Å²) >= 11 is 0. The van der Waals surface area contributed by atoms with Gasteiger partial charge in [0.25, 0.3) is 0 Å². The van der Waals surface area contributed by atoms with Gasteiger partial charge in [0.15, 0.2) is 0 Å². The Bertz CT molecular complexity index is 1260. The Kier molecular flexibility index (Phi) is 6.16. The summed E-state index contributed by atoms with van der Waals surface area (Å²) in [6.07, 6.45) is 0. The monoisotopic (exact) mass is 443 g/mol. The molecule has 0 heterocycles. The fourth-order valence-corrected chi connectivity index (χ4v) is 4.24. The van der Waals surface area contributed by atoms with Gasteiger partial charge in [-0.05, 0) is 22.3 Å². The molecule has 0 aromatic heterocycles. The number of ether oxygens (including phenoxy) is 1. The highest BCUT2D eigenvalue weighted by atomic mass is 32.2. The molecule has 1 unspecified atom stereocenters. The van der Waals surface area contributed by atoms with Crippen LogP contribution in [0.2, 0.25) is 0 Å². The topological polar surface area (TPSA) is 83.5 Å². The fourth-order valence-electron chi connectivity index (χ4n) is 3.55. The molecule has 160 valence electrons. The number of carbonyl (C=O) groups is 1. The van der Waals surface area contributed by atoms with Gasteiger partial charge in [-0.25, -0.2) is 13.2 Å². The number of benzene rings is 4. The Hall–Kier alpha value is -3.74. The van der Waals surface area contributed by atoms with E-state index in [2.05, 4.69) is 0 Å². The minimum absolute atomic E-state index is 0.0919. The van der Waals surface area contributed by atoms with Crippen molar-refractivity contribution in [2.24, 2.45) is 0 Å². The Labute approximate surface area is 186 Å². The minimum atomic E-state index is -4.97. The molecule has 0 fully saturated rings. The molecular weight excluding hydrogens is 424 g/mol. The lowest BCUT2D eigenvalue weighted by Crippen LogP contribution is -2.21. The molecule has 0 aliphatic carbocycles. The predicted octanol–water partition coefficient (Wildman–Crippen LogP) is 5.42. The van der Waals surface area contributed by atoms with Crippen molar-refractivity contribution in [2.45, 2.75) is 5.44 Å². The molecule has 0 saturated heterocycles. The van der Waals surface area contributed by atoms with E-state index in [1.165, 1.54) is 12.1 Å². The number of carbonyl (C=O) groups excluding carboxylic acids is 1. The van der Waals surface area contributed by atoms with Gasteiger partial charge in [-0.3, -0.25) is 0 Å². The number of rotatable bonds is 6. The molecule has 0 aliphatic heterocycles. The summed E-state index contributed by atoms with van der Waals surface area (Å²) in [5.41, 5.74) is 1.00. The summed E-state index contributed by atoms with van der Waals surface area (Å²) in [5, 5.41) is 0. The summed E-state index contributed by atoms with van der Waals surface area (Å²) in [4.78, 5) is 13.4. The van der Waals surface area contributed by atoms with Gasteiger partial charge in [0.1, 0.15) is 10.1 Å². The molecule has 0 bridgehead atoms. The molecule has 0 radical (unpaired) electrons. The van der Waals surface area contributed by atoms with Crippen LogP contribution in [-0.4, -0.2) is 18.9 Å². The van der Waals surface area contributed by atoms with Crippen LogP contribution in [0.1, 0.15) is 21.4 Å². The van der Waals surface area contributed by atoms with Gasteiger partial charge in [0, 0.05) is 5.56 Å². The maximum atomic E-state index is 13.4. The average Bonchev–Trinajstić information content (AvgIpc) is 2.83. The molecule has 4 aromatic rings. The second-order valence-corrected chi connectivity index (χ2v) is 8.51. The highest BCUT2D eigenvalue weighted by Gasteiger charge is 2.27. The van der Waals surface area contributed by atoms with E-state index in [-0.39, 0.29) is 11.1 Å². The van der Waals surface area contributed by atoms with Gasteiger partial charge in [-0.1, -0.05) is 109 Å². The molecule has 0 spiro atoms. The molecular formula is C26H19O5S-. The lowest BCUT2D eigenvalue weighted by Gasteiger charge is -2.23. The van der Waals surface area contributed by atoms with Gasteiger partial charge >= 0.3 is 5.97 Å². The SMILES string of the molecule is O=C(OC(c1ccccc1)S(=O)(=O)[O-])c1c(-c2ccccc2)cccc1-c1ccccc1. The normalized spacial score (nSPS) is 12.2. The molecule has 4 aromatic carbocycles. The third-order valence-corrected chi connectivity index (χ3v) is 5.88. The fraction of sp³-hybridized carbons (Fsp3) is 0.0385. The van der Waals surface area contributed by atoms with Crippen LogP contribution in [0.15, 0.2) is 109 Å². The zero-order valence-corrected chi connectivity index (χ0v) is 17.7. The lowest BCUT2D eigenvalue weighted by atomic mass is 9.92. The second kappa shape index (κ2) is 9.18. The molecule has 5 nitrogen and oxygen atoms in total. The first kappa shape index (κ1) is 21.5. The summed E-state index contributed by atoms with van der Waals surface area (Å²) in [5.74, 6) is -0.892. The van der Waals surface area contributed by atoms with Gasteiger partial charge in [-0.2, -0.15) is 0 Å². The second-order valence-electron chi connectivity index (χ2n) is 7.10. The van der Waals surface area contributed by atoms with Crippen molar-refractivity contribution in [3.63, 3.8) is 0 Å². The molecule has 4 rings (SSSR count). The minimum Gasteiger partial charge on any atom is -0.745 e. The van der Waals surface area contributed by atoms with Crippen LogP contribution in [0.3, 0.4) is 0 Å². The Morgan fingerprint density at radius 3 is 1.53 bits per heavy atom. The number of esters is 1. The van der Waals surface area contributed by atoms with Crippen molar-refractivity contribution >= 4 is 16.1 Å². The highest BCUT2D eigenvalue weighted by molar-refractivity contribution is 7.85. The first-order chi connectivity index (χ1) is 15.4. The van der Waals surface area contributed by atoms with Crippen LogP contribution in [0.25, 0.3) is 22.3 Å². The highest BCUT2D eigenvalue weighted by Crippen LogP contribution is 2.35. The lowest BCUT2D eigenvalue weighted by molar-refractivity contribution is 0.0428. The van der Waals surface area contributed by atoms with E-state index < -0.39 is 21.5 Å². The molecule has 1 atom stereocenters. The van der Waals surface area contributed by atoms with E-state index in [0.29, 0.717) is 11.1 Å². The van der Waals surface area contributed by atoms with E-state index in [1.54, 1.807) is 30.3 Å². The van der Waals surface area contributed by atoms with Crippen molar-refractivity contribution in [1.82, 2.24) is 0 Å². The Balaban J connectivity index is 1.86. The van der Waals surface area contributed by atoms with Gasteiger partial charge in [0.2, 0.25) is 5.44 Å². The van der Waals surface area contributed by atoms with Gasteiger partial charge in [-0.15, -0.1) is 0 Å². The van der Waals surface area contributed by atoms with E-state index in [1.807, 2.05) is 66.7 Å². The summed E-state index contributed by atoms with van der Waals surface area (Å²) in [7, 11) is -4.97. The zero-order valence-electron chi connectivity index (χ0n) is 16.9. The van der Waals surface area contributed by atoms with Crippen molar-refractivity contribution in [3.8, 4) is 22.3 Å². The molecule has 0 amide bonds. The van der Waals surface area contributed by atoms with E-state index in [4.69, 9.17) is 4.74 Å². The summed E-state index contributed by atoms with van der Waals surface area (Å²) in [6.45, 7) is 0.